The summed E-state index contributed by atoms with van der Waals surface area (Å²) in [5.74, 6) is 1.45. The summed E-state index contributed by atoms with van der Waals surface area (Å²) in [6.07, 6.45) is 6.63. The number of benzene rings is 1. The molecular weight excluding hydrogens is 319 g/mol. The van der Waals surface area contributed by atoms with Crippen molar-refractivity contribution in [3.63, 3.8) is 0 Å². The Morgan fingerprint density at radius 1 is 1.20 bits per heavy atom. The minimum absolute atomic E-state index is 0.131. The van der Waals surface area contributed by atoms with Crippen LogP contribution in [0.2, 0.25) is 0 Å². The smallest absolute Gasteiger partial charge is 0.134 e. The lowest BCUT2D eigenvalue weighted by Gasteiger charge is -2.35. The van der Waals surface area contributed by atoms with E-state index < -0.39 is 0 Å². The largest absolute Gasteiger partial charge is 0.394 e. The van der Waals surface area contributed by atoms with Gasteiger partial charge in [0.05, 0.1) is 18.7 Å². The Balaban J connectivity index is 1.53. The molecule has 1 aliphatic carbocycles. The first kappa shape index (κ1) is 16.3. The van der Waals surface area contributed by atoms with Crippen LogP contribution in [0.3, 0.4) is 0 Å². The van der Waals surface area contributed by atoms with Gasteiger partial charge in [-0.3, -0.25) is 0 Å². The number of rotatable bonds is 4. The topological polar surface area (TPSA) is 61.3 Å². The van der Waals surface area contributed by atoms with Crippen LogP contribution in [0.25, 0.3) is 0 Å². The van der Waals surface area contributed by atoms with Crippen molar-refractivity contribution in [2.24, 2.45) is 0 Å². The number of aliphatic hydroxyl groups is 1. The van der Waals surface area contributed by atoms with Gasteiger partial charge in [0.1, 0.15) is 23.8 Å². The predicted octanol–water partition coefficient (Wildman–Crippen LogP) is 3.07. The molecule has 132 valence electrons. The van der Waals surface area contributed by atoms with Gasteiger partial charge in [0.25, 0.3) is 0 Å². The van der Waals surface area contributed by atoms with Crippen LogP contribution in [0.5, 0.6) is 0 Å². The van der Waals surface area contributed by atoms with Gasteiger partial charge < -0.3 is 15.3 Å². The lowest BCUT2D eigenvalue weighted by Crippen LogP contribution is -2.42. The fourth-order valence-electron chi connectivity index (χ4n) is 3.99. The molecule has 0 saturated carbocycles. The summed E-state index contributed by atoms with van der Waals surface area (Å²) in [7, 11) is 0. The first-order valence-electron chi connectivity index (χ1n) is 8.99. The molecule has 2 aromatic rings. The Morgan fingerprint density at radius 3 is 3.00 bits per heavy atom. The third-order valence-corrected chi connectivity index (χ3v) is 5.29. The Kier molecular flexibility index (Phi) is 4.53. The van der Waals surface area contributed by atoms with Crippen molar-refractivity contribution in [3.8, 4) is 0 Å². The average molecular weight is 342 g/mol. The monoisotopic (exact) mass is 342 g/mol. The normalized spacial score (nSPS) is 22.7. The summed E-state index contributed by atoms with van der Waals surface area (Å²) >= 11 is 0. The Hall–Kier alpha value is -2.21. The number of nitrogens with zero attached hydrogens (tertiary/aromatic N) is 3. The van der Waals surface area contributed by atoms with Gasteiger partial charge in [0, 0.05) is 12.6 Å². The van der Waals surface area contributed by atoms with Crippen LogP contribution in [0, 0.1) is 5.82 Å². The van der Waals surface area contributed by atoms with Gasteiger partial charge in [-0.25, -0.2) is 14.4 Å². The highest BCUT2D eigenvalue weighted by Gasteiger charge is 2.25. The molecule has 1 aromatic carbocycles. The van der Waals surface area contributed by atoms with Crippen LogP contribution >= 0.6 is 0 Å². The van der Waals surface area contributed by atoms with Crippen molar-refractivity contribution >= 4 is 11.6 Å². The van der Waals surface area contributed by atoms with Crippen LogP contribution in [0.15, 0.2) is 30.6 Å². The maximum Gasteiger partial charge on any atom is 0.134 e. The summed E-state index contributed by atoms with van der Waals surface area (Å²) in [5.41, 5.74) is 2.22. The summed E-state index contributed by atoms with van der Waals surface area (Å²) < 4.78 is 13.4. The number of nitrogens with one attached hydrogen (secondary N) is 1. The van der Waals surface area contributed by atoms with Crippen molar-refractivity contribution < 1.29 is 9.50 Å². The predicted molar refractivity (Wildman–Crippen MR) is 95.2 cm³/mol. The standard InChI is InChI=1S/C19H23FN4O/c20-14-5-6-16-13(9-14)4-7-17(16)23-18-10-19(22-12-21-18)24-8-2-1-3-15(24)11-25/h5-6,9-10,12,15,17,25H,1-4,7-8,11H2,(H,21,22,23). The molecule has 1 aromatic heterocycles. The van der Waals surface area contributed by atoms with Crippen molar-refractivity contribution in [2.75, 3.05) is 23.4 Å². The van der Waals surface area contributed by atoms with Gasteiger partial charge in [-0.05, 0) is 55.4 Å². The summed E-state index contributed by atoms with van der Waals surface area (Å²) in [4.78, 5) is 10.9. The van der Waals surface area contributed by atoms with E-state index in [0.717, 1.165) is 61.4 Å². The lowest BCUT2D eigenvalue weighted by atomic mass is 10.0. The van der Waals surface area contributed by atoms with E-state index >= 15 is 0 Å². The molecule has 0 spiro atoms. The van der Waals surface area contributed by atoms with Crippen molar-refractivity contribution in [1.29, 1.82) is 0 Å². The number of fused-ring (bicyclic) bond motifs is 1. The fraction of sp³-hybridized carbons (Fsp3) is 0.474. The molecule has 0 radical (unpaired) electrons. The van der Waals surface area contributed by atoms with Crippen LogP contribution in [-0.4, -0.2) is 34.3 Å². The molecule has 1 fully saturated rings. The second kappa shape index (κ2) is 6.96. The van der Waals surface area contributed by atoms with E-state index in [0.29, 0.717) is 0 Å². The summed E-state index contributed by atoms with van der Waals surface area (Å²) in [5, 5.41) is 13.1. The molecule has 2 heterocycles. The number of anilines is 2. The van der Waals surface area contributed by atoms with Crippen LogP contribution in [0.4, 0.5) is 16.0 Å². The number of piperidine rings is 1. The third kappa shape index (κ3) is 3.31. The van der Waals surface area contributed by atoms with E-state index in [1.54, 1.807) is 12.4 Å². The molecule has 0 amide bonds. The SMILES string of the molecule is OCC1CCCCN1c1cc(NC2CCc3cc(F)ccc32)ncn1. The number of hydrogen-bond acceptors (Lipinski definition) is 5. The lowest BCUT2D eigenvalue weighted by molar-refractivity contribution is 0.239. The van der Waals surface area contributed by atoms with Gasteiger partial charge >= 0.3 is 0 Å². The average Bonchev–Trinajstić information content (AvgIpc) is 3.03. The molecule has 1 aliphatic heterocycles. The minimum atomic E-state index is -0.177. The van der Waals surface area contributed by atoms with E-state index in [1.807, 2.05) is 12.1 Å². The highest BCUT2D eigenvalue weighted by atomic mass is 19.1. The maximum absolute atomic E-state index is 13.4. The molecule has 2 N–H and O–H groups in total. The summed E-state index contributed by atoms with van der Waals surface area (Å²) in [6, 6.07) is 7.24. The fourth-order valence-corrected chi connectivity index (χ4v) is 3.99. The van der Waals surface area contributed by atoms with Gasteiger partial charge in [0.2, 0.25) is 0 Å². The van der Waals surface area contributed by atoms with E-state index in [2.05, 4.69) is 20.2 Å². The highest BCUT2D eigenvalue weighted by Crippen LogP contribution is 2.34. The molecule has 25 heavy (non-hydrogen) atoms. The second-order valence-electron chi connectivity index (χ2n) is 6.87. The molecule has 2 atom stereocenters. The van der Waals surface area contributed by atoms with Crippen LogP contribution < -0.4 is 10.2 Å². The maximum atomic E-state index is 13.4. The number of aryl methyl sites for hydroxylation is 1. The molecule has 2 aliphatic rings. The number of aromatic nitrogens is 2. The number of aliphatic hydroxyl groups excluding tert-OH is 1. The van der Waals surface area contributed by atoms with Gasteiger partial charge in [-0.1, -0.05) is 6.07 Å². The zero-order chi connectivity index (χ0) is 17.2. The first-order chi connectivity index (χ1) is 12.2. The van der Waals surface area contributed by atoms with E-state index in [1.165, 1.54) is 6.07 Å². The summed E-state index contributed by atoms with van der Waals surface area (Å²) in [6.45, 7) is 1.06. The first-order valence-corrected chi connectivity index (χ1v) is 8.99. The van der Waals surface area contributed by atoms with Gasteiger partial charge in [0.15, 0.2) is 0 Å². The number of halogens is 1. The minimum Gasteiger partial charge on any atom is -0.394 e. The number of hydrogen-bond donors (Lipinski definition) is 2. The van der Waals surface area contributed by atoms with Gasteiger partial charge in [-0.15, -0.1) is 0 Å². The molecule has 1 saturated heterocycles. The quantitative estimate of drug-likeness (QED) is 0.894. The molecule has 5 nitrogen and oxygen atoms in total. The van der Waals surface area contributed by atoms with Crippen LogP contribution in [0.1, 0.15) is 42.9 Å². The van der Waals surface area contributed by atoms with E-state index in [4.69, 9.17) is 0 Å². The highest BCUT2D eigenvalue weighted by molar-refractivity contribution is 5.51. The Bertz CT molecular complexity index is 754. The van der Waals surface area contributed by atoms with E-state index in [9.17, 15) is 9.50 Å². The molecule has 0 bridgehead atoms. The Morgan fingerprint density at radius 2 is 2.12 bits per heavy atom. The zero-order valence-electron chi connectivity index (χ0n) is 14.2. The zero-order valence-corrected chi connectivity index (χ0v) is 14.2. The molecule has 4 rings (SSSR count). The second-order valence-corrected chi connectivity index (χ2v) is 6.87. The van der Waals surface area contributed by atoms with Gasteiger partial charge in [-0.2, -0.15) is 0 Å². The van der Waals surface area contributed by atoms with Crippen molar-refractivity contribution in [2.45, 2.75) is 44.2 Å². The van der Waals surface area contributed by atoms with E-state index in [-0.39, 0.29) is 24.5 Å². The molecule has 6 heteroatoms. The molecular formula is C19H23FN4O. The Labute approximate surface area is 146 Å². The van der Waals surface area contributed by atoms with Crippen molar-refractivity contribution in [1.82, 2.24) is 9.97 Å². The van der Waals surface area contributed by atoms with Crippen LogP contribution in [-0.2, 0) is 6.42 Å². The molecule has 2 unspecified atom stereocenters. The van der Waals surface area contributed by atoms with Crippen molar-refractivity contribution in [3.05, 3.63) is 47.5 Å². The third-order valence-electron chi connectivity index (χ3n) is 5.29.